The number of rotatable bonds is 4. The summed E-state index contributed by atoms with van der Waals surface area (Å²) < 4.78 is 0. The molecule has 0 aliphatic carbocycles. The topological polar surface area (TPSA) is 52.7 Å². The van der Waals surface area contributed by atoms with Crippen LogP contribution >= 0.6 is 0 Å². The fraction of sp³-hybridized carbons (Fsp3) is 0.417. The summed E-state index contributed by atoms with van der Waals surface area (Å²) in [6, 6.07) is 18.0. The van der Waals surface area contributed by atoms with E-state index < -0.39 is 0 Å². The van der Waals surface area contributed by atoms with Gasteiger partial charge in [-0.15, -0.1) is 0 Å². The predicted octanol–water partition coefficient (Wildman–Crippen LogP) is 4.01. The minimum atomic E-state index is -0.0485. The van der Waals surface area contributed by atoms with Crippen LogP contribution in [-0.4, -0.2) is 54.5 Å². The minimum Gasteiger partial charge on any atom is -0.352 e. The smallest absolute Gasteiger partial charge is 0.320 e. The van der Waals surface area contributed by atoms with Crippen LogP contribution < -0.4 is 5.32 Å². The van der Waals surface area contributed by atoms with E-state index in [4.69, 9.17) is 0 Å². The molecule has 3 amide bonds. The Balaban J connectivity index is 1.29. The molecule has 0 spiro atoms. The number of benzene rings is 2. The van der Waals surface area contributed by atoms with Crippen LogP contribution in [0.5, 0.6) is 0 Å². The molecule has 0 radical (unpaired) electrons. The van der Waals surface area contributed by atoms with Crippen molar-refractivity contribution in [3.63, 3.8) is 0 Å². The zero-order valence-corrected chi connectivity index (χ0v) is 16.8. The number of amides is 3. The standard InChI is InChI=1S/C24H29N3O2/c28-23(22-12-10-21(11-13-22)20-8-2-1-3-9-20)25-17-19-7-6-16-27(18-19)24(29)26-14-4-5-15-26/h1-3,8-13,19H,4-7,14-18H2,(H,25,28). The lowest BCUT2D eigenvalue weighted by atomic mass is 9.98. The highest BCUT2D eigenvalue weighted by Crippen LogP contribution is 2.21. The lowest BCUT2D eigenvalue weighted by molar-refractivity contribution is 0.0933. The summed E-state index contributed by atoms with van der Waals surface area (Å²) in [4.78, 5) is 29.1. The Morgan fingerprint density at radius 2 is 1.48 bits per heavy atom. The molecule has 0 aromatic heterocycles. The van der Waals surface area contributed by atoms with E-state index in [1.54, 1.807) is 0 Å². The fourth-order valence-corrected chi connectivity index (χ4v) is 4.30. The first-order valence-electron chi connectivity index (χ1n) is 10.7. The molecule has 2 aromatic rings. The number of likely N-dealkylation sites (tertiary alicyclic amines) is 2. The average molecular weight is 392 g/mol. The average Bonchev–Trinajstić information content (AvgIpc) is 3.33. The van der Waals surface area contributed by atoms with Crippen LogP contribution in [0.4, 0.5) is 4.79 Å². The molecule has 1 N–H and O–H groups in total. The SMILES string of the molecule is O=C(NCC1CCCN(C(=O)N2CCCC2)C1)c1ccc(-c2ccccc2)cc1. The van der Waals surface area contributed by atoms with Gasteiger partial charge in [-0.3, -0.25) is 4.79 Å². The number of nitrogens with zero attached hydrogens (tertiary/aromatic N) is 2. The molecule has 1 atom stereocenters. The molecule has 2 aliphatic rings. The maximum Gasteiger partial charge on any atom is 0.320 e. The number of carbonyl (C=O) groups is 2. The lowest BCUT2D eigenvalue weighted by Gasteiger charge is -2.35. The molecule has 0 bridgehead atoms. The number of hydrogen-bond donors (Lipinski definition) is 1. The predicted molar refractivity (Wildman–Crippen MR) is 115 cm³/mol. The quantitative estimate of drug-likeness (QED) is 0.856. The van der Waals surface area contributed by atoms with E-state index in [0.717, 1.165) is 63.0 Å². The number of hydrogen-bond acceptors (Lipinski definition) is 2. The van der Waals surface area contributed by atoms with Crippen LogP contribution in [0.25, 0.3) is 11.1 Å². The van der Waals surface area contributed by atoms with Gasteiger partial charge in [-0.05, 0) is 54.9 Å². The molecular formula is C24H29N3O2. The molecular weight excluding hydrogens is 362 g/mol. The van der Waals surface area contributed by atoms with Crippen molar-refractivity contribution in [2.75, 3.05) is 32.7 Å². The molecule has 2 heterocycles. The summed E-state index contributed by atoms with van der Waals surface area (Å²) in [6.45, 7) is 3.96. The molecule has 152 valence electrons. The van der Waals surface area contributed by atoms with Crippen LogP contribution in [-0.2, 0) is 0 Å². The number of carbonyl (C=O) groups excluding carboxylic acids is 2. The van der Waals surface area contributed by atoms with Crippen LogP contribution in [0, 0.1) is 5.92 Å². The molecule has 5 heteroatoms. The van der Waals surface area contributed by atoms with Crippen molar-refractivity contribution in [2.24, 2.45) is 5.92 Å². The Morgan fingerprint density at radius 1 is 0.828 bits per heavy atom. The maximum absolute atomic E-state index is 12.6. The van der Waals surface area contributed by atoms with Crippen molar-refractivity contribution in [1.29, 1.82) is 0 Å². The Labute approximate surface area is 172 Å². The van der Waals surface area contributed by atoms with Crippen molar-refractivity contribution in [1.82, 2.24) is 15.1 Å². The van der Waals surface area contributed by atoms with Gasteiger partial charge >= 0.3 is 6.03 Å². The second-order valence-corrected chi connectivity index (χ2v) is 8.08. The highest BCUT2D eigenvalue weighted by atomic mass is 16.2. The molecule has 1 unspecified atom stereocenters. The van der Waals surface area contributed by atoms with E-state index in [1.165, 1.54) is 0 Å². The van der Waals surface area contributed by atoms with Crippen molar-refractivity contribution in [2.45, 2.75) is 25.7 Å². The van der Waals surface area contributed by atoms with E-state index >= 15 is 0 Å². The normalized spacial score (nSPS) is 19.2. The van der Waals surface area contributed by atoms with Gasteiger partial charge in [0.05, 0.1) is 0 Å². The van der Waals surface area contributed by atoms with Gasteiger partial charge in [-0.1, -0.05) is 42.5 Å². The second kappa shape index (κ2) is 9.12. The summed E-state index contributed by atoms with van der Waals surface area (Å²) in [5.41, 5.74) is 2.92. The molecule has 2 aromatic carbocycles. The van der Waals surface area contributed by atoms with Gasteiger partial charge in [0.1, 0.15) is 0 Å². The monoisotopic (exact) mass is 391 g/mol. The summed E-state index contributed by atoms with van der Waals surface area (Å²) in [7, 11) is 0. The maximum atomic E-state index is 12.6. The van der Waals surface area contributed by atoms with E-state index in [1.807, 2.05) is 52.3 Å². The molecule has 29 heavy (non-hydrogen) atoms. The molecule has 2 fully saturated rings. The molecule has 5 nitrogen and oxygen atoms in total. The lowest BCUT2D eigenvalue weighted by Crippen LogP contribution is -2.48. The molecule has 2 saturated heterocycles. The van der Waals surface area contributed by atoms with Crippen LogP contribution in [0.3, 0.4) is 0 Å². The number of urea groups is 1. The van der Waals surface area contributed by atoms with E-state index in [9.17, 15) is 9.59 Å². The fourth-order valence-electron chi connectivity index (χ4n) is 4.30. The first-order chi connectivity index (χ1) is 14.2. The zero-order chi connectivity index (χ0) is 20.1. The van der Waals surface area contributed by atoms with Crippen molar-refractivity contribution < 1.29 is 9.59 Å². The third-order valence-corrected chi connectivity index (χ3v) is 5.97. The third-order valence-electron chi connectivity index (χ3n) is 5.97. The number of nitrogens with one attached hydrogen (secondary N) is 1. The van der Waals surface area contributed by atoms with Gasteiger partial charge in [-0.25, -0.2) is 4.79 Å². The Morgan fingerprint density at radius 3 is 2.21 bits per heavy atom. The molecule has 4 rings (SSSR count). The van der Waals surface area contributed by atoms with Crippen molar-refractivity contribution in [3.8, 4) is 11.1 Å². The van der Waals surface area contributed by atoms with Crippen LogP contribution in [0.1, 0.15) is 36.0 Å². The summed E-state index contributed by atoms with van der Waals surface area (Å²) >= 11 is 0. The van der Waals surface area contributed by atoms with E-state index in [0.29, 0.717) is 18.0 Å². The van der Waals surface area contributed by atoms with Gasteiger partial charge in [0.25, 0.3) is 5.91 Å². The summed E-state index contributed by atoms with van der Waals surface area (Å²) in [6.07, 6.45) is 4.28. The first-order valence-corrected chi connectivity index (χ1v) is 10.7. The second-order valence-electron chi connectivity index (χ2n) is 8.08. The number of piperidine rings is 1. The van der Waals surface area contributed by atoms with Gasteiger partial charge in [0.15, 0.2) is 0 Å². The van der Waals surface area contributed by atoms with Crippen LogP contribution in [0.15, 0.2) is 54.6 Å². The first kappa shape index (κ1) is 19.5. The summed E-state index contributed by atoms with van der Waals surface area (Å²) in [5.74, 6) is 0.274. The summed E-state index contributed by atoms with van der Waals surface area (Å²) in [5, 5.41) is 3.07. The largest absolute Gasteiger partial charge is 0.352 e. The van der Waals surface area contributed by atoms with Crippen molar-refractivity contribution >= 4 is 11.9 Å². The zero-order valence-electron chi connectivity index (χ0n) is 16.8. The van der Waals surface area contributed by atoms with Crippen molar-refractivity contribution in [3.05, 3.63) is 60.2 Å². The van der Waals surface area contributed by atoms with E-state index in [2.05, 4.69) is 17.4 Å². The van der Waals surface area contributed by atoms with E-state index in [-0.39, 0.29) is 11.9 Å². The highest BCUT2D eigenvalue weighted by molar-refractivity contribution is 5.94. The molecule has 0 saturated carbocycles. The van der Waals surface area contributed by atoms with Gasteiger partial charge < -0.3 is 15.1 Å². The Bertz CT molecular complexity index is 829. The van der Waals surface area contributed by atoms with Gasteiger partial charge in [0.2, 0.25) is 0 Å². The van der Waals surface area contributed by atoms with Gasteiger partial charge in [0, 0.05) is 38.3 Å². The Kier molecular flexibility index (Phi) is 6.13. The minimum absolute atomic E-state index is 0.0485. The van der Waals surface area contributed by atoms with Gasteiger partial charge in [-0.2, -0.15) is 0 Å². The molecule has 2 aliphatic heterocycles. The highest BCUT2D eigenvalue weighted by Gasteiger charge is 2.28. The third kappa shape index (κ3) is 4.78. The van der Waals surface area contributed by atoms with Crippen LogP contribution in [0.2, 0.25) is 0 Å². The Hall–Kier alpha value is -2.82.